The molecule has 1 fully saturated rings. The monoisotopic (exact) mass is 275 g/mol. The smallest absolute Gasteiger partial charge is 0.119 e. The molecule has 1 N–H and O–H groups in total. The van der Waals surface area contributed by atoms with E-state index >= 15 is 0 Å². The number of hydrogen-bond donors (Lipinski definition) is 1. The second-order valence-electron chi connectivity index (χ2n) is 7.18. The van der Waals surface area contributed by atoms with Crippen molar-refractivity contribution >= 4 is 0 Å². The fourth-order valence-electron chi connectivity index (χ4n) is 3.18. The summed E-state index contributed by atoms with van der Waals surface area (Å²) in [5.74, 6) is 0.975. The van der Waals surface area contributed by atoms with E-state index in [-0.39, 0.29) is 11.0 Å². The van der Waals surface area contributed by atoms with E-state index in [4.69, 9.17) is 4.74 Å². The van der Waals surface area contributed by atoms with Crippen LogP contribution < -0.4 is 10.1 Å². The van der Waals surface area contributed by atoms with Crippen molar-refractivity contribution in [2.24, 2.45) is 0 Å². The topological polar surface area (TPSA) is 21.3 Å². The van der Waals surface area contributed by atoms with Gasteiger partial charge in [0.25, 0.3) is 0 Å². The van der Waals surface area contributed by atoms with Crippen LogP contribution in [0.4, 0.5) is 0 Å². The highest BCUT2D eigenvalue weighted by Crippen LogP contribution is 2.40. The molecular formula is C18H29NO. The molecule has 0 atom stereocenters. The van der Waals surface area contributed by atoms with Gasteiger partial charge in [-0.1, -0.05) is 31.4 Å². The second kappa shape index (κ2) is 6.17. The highest BCUT2D eigenvalue weighted by molar-refractivity contribution is 5.34. The lowest BCUT2D eigenvalue weighted by molar-refractivity contribution is 0.253. The number of hydrogen-bond acceptors (Lipinski definition) is 2. The largest absolute Gasteiger partial charge is 0.497 e. The number of nitrogens with one attached hydrogen (secondary N) is 1. The quantitative estimate of drug-likeness (QED) is 0.885. The van der Waals surface area contributed by atoms with Crippen molar-refractivity contribution in [1.29, 1.82) is 0 Å². The van der Waals surface area contributed by atoms with Gasteiger partial charge < -0.3 is 10.1 Å². The average molecular weight is 275 g/mol. The van der Waals surface area contributed by atoms with E-state index < -0.39 is 0 Å². The summed E-state index contributed by atoms with van der Waals surface area (Å²) in [4.78, 5) is 0. The summed E-state index contributed by atoms with van der Waals surface area (Å²) in [6, 6.07) is 8.67. The molecule has 1 aliphatic rings. The fraction of sp³-hybridized carbons (Fsp3) is 0.667. The lowest BCUT2D eigenvalue weighted by Crippen LogP contribution is -2.47. The molecule has 1 aromatic carbocycles. The molecule has 1 aliphatic carbocycles. The lowest BCUT2D eigenvalue weighted by atomic mass is 9.69. The summed E-state index contributed by atoms with van der Waals surface area (Å²) in [5, 5.41) is 3.73. The minimum absolute atomic E-state index is 0.170. The fourth-order valence-corrected chi connectivity index (χ4v) is 3.18. The van der Waals surface area contributed by atoms with Crippen LogP contribution in [-0.2, 0) is 5.41 Å². The Morgan fingerprint density at radius 1 is 1.15 bits per heavy atom. The first-order valence-corrected chi connectivity index (χ1v) is 7.85. The molecule has 0 spiro atoms. The molecule has 0 aliphatic heterocycles. The first-order chi connectivity index (χ1) is 9.45. The van der Waals surface area contributed by atoms with Gasteiger partial charge in [-0.2, -0.15) is 0 Å². The SMILES string of the molecule is COc1cccc(C2(CNC(C)(C)C)CCCCC2)c1. The maximum atomic E-state index is 5.42. The molecule has 1 saturated carbocycles. The summed E-state index contributed by atoms with van der Waals surface area (Å²) in [7, 11) is 1.75. The van der Waals surface area contributed by atoms with Crippen LogP contribution in [0.3, 0.4) is 0 Å². The number of ether oxygens (including phenoxy) is 1. The van der Waals surface area contributed by atoms with E-state index in [0.717, 1.165) is 12.3 Å². The molecule has 2 rings (SSSR count). The van der Waals surface area contributed by atoms with Crippen LogP contribution in [0.1, 0.15) is 58.4 Å². The van der Waals surface area contributed by atoms with Crippen molar-refractivity contribution in [2.75, 3.05) is 13.7 Å². The second-order valence-corrected chi connectivity index (χ2v) is 7.18. The van der Waals surface area contributed by atoms with Crippen molar-refractivity contribution in [3.05, 3.63) is 29.8 Å². The van der Waals surface area contributed by atoms with E-state index in [1.54, 1.807) is 7.11 Å². The van der Waals surface area contributed by atoms with Crippen LogP contribution in [0, 0.1) is 0 Å². The van der Waals surface area contributed by atoms with Gasteiger partial charge in [-0.25, -0.2) is 0 Å². The maximum absolute atomic E-state index is 5.42. The Labute approximate surface area is 123 Å². The predicted octanol–water partition coefficient (Wildman–Crippen LogP) is 4.29. The average Bonchev–Trinajstić information content (AvgIpc) is 2.45. The van der Waals surface area contributed by atoms with Crippen molar-refractivity contribution < 1.29 is 4.74 Å². The molecule has 0 saturated heterocycles. The third kappa shape index (κ3) is 3.76. The van der Waals surface area contributed by atoms with Crippen LogP contribution in [0.25, 0.3) is 0 Å². The zero-order valence-electron chi connectivity index (χ0n) is 13.5. The van der Waals surface area contributed by atoms with Gasteiger partial charge in [-0.3, -0.25) is 0 Å². The number of methoxy groups -OCH3 is 1. The first-order valence-electron chi connectivity index (χ1n) is 7.85. The van der Waals surface area contributed by atoms with Crippen molar-refractivity contribution in [1.82, 2.24) is 5.32 Å². The Morgan fingerprint density at radius 2 is 1.85 bits per heavy atom. The minimum Gasteiger partial charge on any atom is -0.497 e. The molecule has 0 heterocycles. The van der Waals surface area contributed by atoms with Crippen LogP contribution in [0.5, 0.6) is 5.75 Å². The molecule has 112 valence electrons. The van der Waals surface area contributed by atoms with Crippen molar-refractivity contribution in [2.45, 2.75) is 63.8 Å². The Balaban J connectivity index is 2.25. The Hall–Kier alpha value is -1.02. The summed E-state index contributed by atoms with van der Waals surface area (Å²) >= 11 is 0. The van der Waals surface area contributed by atoms with Crippen LogP contribution >= 0.6 is 0 Å². The zero-order chi connectivity index (χ0) is 14.6. The van der Waals surface area contributed by atoms with Gasteiger partial charge in [0.1, 0.15) is 5.75 Å². The summed E-state index contributed by atoms with van der Waals surface area (Å²) in [6.45, 7) is 7.79. The summed E-state index contributed by atoms with van der Waals surface area (Å²) < 4.78 is 5.42. The Bertz CT molecular complexity index is 427. The van der Waals surface area contributed by atoms with Gasteiger partial charge in [0.15, 0.2) is 0 Å². The van der Waals surface area contributed by atoms with E-state index in [2.05, 4.69) is 44.3 Å². The molecule has 0 aromatic heterocycles. The summed E-state index contributed by atoms with van der Waals surface area (Å²) in [5.41, 5.74) is 1.89. The highest BCUT2D eigenvalue weighted by atomic mass is 16.5. The third-order valence-electron chi connectivity index (χ3n) is 4.45. The van der Waals surface area contributed by atoms with Crippen LogP contribution in [-0.4, -0.2) is 19.2 Å². The van der Waals surface area contributed by atoms with Gasteiger partial charge in [0, 0.05) is 17.5 Å². The van der Waals surface area contributed by atoms with Crippen LogP contribution in [0.15, 0.2) is 24.3 Å². The zero-order valence-corrected chi connectivity index (χ0v) is 13.5. The lowest BCUT2D eigenvalue weighted by Gasteiger charge is -2.40. The Kier molecular flexibility index (Phi) is 4.74. The molecule has 0 bridgehead atoms. The van der Waals surface area contributed by atoms with Gasteiger partial charge >= 0.3 is 0 Å². The maximum Gasteiger partial charge on any atom is 0.119 e. The predicted molar refractivity (Wildman–Crippen MR) is 85.5 cm³/mol. The Morgan fingerprint density at radius 3 is 2.45 bits per heavy atom. The van der Waals surface area contributed by atoms with Crippen LogP contribution in [0.2, 0.25) is 0 Å². The van der Waals surface area contributed by atoms with Gasteiger partial charge in [-0.15, -0.1) is 0 Å². The number of rotatable bonds is 4. The van der Waals surface area contributed by atoms with Gasteiger partial charge in [0.05, 0.1) is 7.11 Å². The van der Waals surface area contributed by atoms with E-state index in [1.165, 1.54) is 37.7 Å². The summed E-state index contributed by atoms with van der Waals surface area (Å²) in [6.07, 6.45) is 6.61. The standard InChI is InChI=1S/C18H29NO/c1-17(2,3)19-14-18(11-6-5-7-12-18)15-9-8-10-16(13-15)20-4/h8-10,13,19H,5-7,11-12,14H2,1-4H3. The van der Waals surface area contributed by atoms with E-state index in [9.17, 15) is 0 Å². The van der Waals surface area contributed by atoms with Crippen molar-refractivity contribution in [3.63, 3.8) is 0 Å². The first kappa shape index (κ1) is 15.4. The molecule has 1 aromatic rings. The normalized spacial score (nSPS) is 18.8. The van der Waals surface area contributed by atoms with Gasteiger partial charge in [-0.05, 0) is 51.3 Å². The third-order valence-corrected chi connectivity index (χ3v) is 4.45. The molecule has 20 heavy (non-hydrogen) atoms. The molecule has 0 unspecified atom stereocenters. The molecular weight excluding hydrogens is 246 g/mol. The highest BCUT2D eigenvalue weighted by Gasteiger charge is 2.34. The van der Waals surface area contributed by atoms with Gasteiger partial charge in [0.2, 0.25) is 0 Å². The molecule has 2 heteroatoms. The van der Waals surface area contributed by atoms with Crippen molar-refractivity contribution in [3.8, 4) is 5.75 Å². The molecule has 0 amide bonds. The van der Waals surface area contributed by atoms with E-state index in [0.29, 0.717) is 0 Å². The molecule has 0 radical (unpaired) electrons. The minimum atomic E-state index is 0.170. The number of benzene rings is 1. The molecule has 2 nitrogen and oxygen atoms in total. The van der Waals surface area contributed by atoms with E-state index in [1.807, 2.05) is 6.07 Å².